The molecule has 1 aromatic carbocycles. The molecule has 0 fully saturated rings. The molecule has 0 saturated carbocycles. The number of aromatic amines is 1. The standard InChI is InChI=1S/C12H11ClN4O2S/c13-9-4-8(6-15-17-7-14-16-12(17)20)5-10-11(9)19-3-1-2-18-10/h4-7H,1-3H2,(H,16,20)/b15-6-. The second-order valence-electron chi connectivity index (χ2n) is 4.13. The van der Waals surface area contributed by atoms with E-state index < -0.39 is 0 Å². The van der Waals surface area contributed by atoms with Gasteiger partial charge in [0.2, 0.25) is 4.77 Å². The molecule has 0 spiro atoms. The van der Waals surface area contributed by atoms with Gasteiger partial charge in [-0.1, -0.05) is 11.6 Å². The highest BCUT2D eigenvalue weighted by atomic mass is 35.5. The Morgan fingerprint density at radius 3 is 3.05 bits per heavy atom. The molecule has 0 saturated heterocycles. The summed E-state index contributed by atoms with van der Waals surface area (Å²) in [7, 11) is 0. The molecule has 0 unspecified atom stereocenters. The van der Waals surface area contributed by atoms with Gasteiger partial charge in [0, 0.05) is 6.42 Å². The summed E-state index contributed by atoms with van der Waals surface area (Å²) in [6.45, 7) is 1.21. The summed E-state index contributed by atoms with van der Waals surface area (Å²) < 4.78 is 13.0. The molecular weight excluding hydrogens is 300 g/mol. The quantitative estimate of drug-likeness (QED) is 0.684. The molecule has 1 aliphatic rings. The fraction of sp³-hybridized carbons (Fsp3) is 0.250. The average molecular weight is 311 g/mol. The fourth-order valence-electron chi connectivity index (χ4n) is 1.78. The third kappa shape index (κ3) is 2.68. The topological polar surface area (TPSA) is 64.4 Å². The van der Waals surface area contributed by atoms with Crippen molar-refractivity contribution in [1.82, 2.24) is 14.9 Å². The predicted molar refractivity (Wildman–Crippen MR) is 77.5 cm³/mol. The van der Waals surface area contributed by atoms with Crippen LogP contribution in [0.5, 0.6) is 11.5 Å². The van der Waals surface area contributed by atoms with Crippen molar-refractivity contribution in [3.05, 3.63) is 33.8 Å². The number of hydrogen-bond donors (Lipinski definition) is 1. The normalized spacial score (nSPS) is 14.4. The molecule has 1 aromatic heterocycles. The molecule has 6 nitrogen and oxygen atoms in total. The van der Waals surface area contributed by atoms with Gasteiger partial charge in [0.05, 0.1) is 24.5 Å². The minimum atomic E-state index is 0.418. The molecule has 0 atom stereocenters. The minimum absolute atomic E-state index is 0.418. The fourth-order valence-corrected chi connectivity index (χ4v) is 2.20. The van der Waals surface area contributed by atoms with E-state index in [4.69, 9.17) is 33.3 Å². The molecule has 104 valence electrons. The number of aromatic nitrogens is 3. The molecule has 3 rings (SSSR count). The van der Waals surface area contributed by atoms with Crippen LogP contribution < -0.4 is 9.47 Å². The Bertz CT molecular complexity index is 710. The predicted octanol–water partition coefficient (Wildman–Crippen LogP) is 2.64. The van der Waals surface area contributed by atoms with E-state index in [0.717, 1.165) is 12.0 Å². The summed E-state index contributed by atoms with van der Waals surface area (Å²) >= 11 is 11.2. The summed E-state index contributed by atoms with van der Waals surface area (Å²) in [6, 6.07) is 3.60. The van der Waals surface area contributed by atoms with E-state index >= 15 is 0 Å². The van der Waals surface area contributed by atoms with Crippen molar-refractivity contribution in [1.29, 1.82) is 0 Å². The number of benzene rings is 1. The lowest BCUT2D eigenvalue weighted by Crippen LogP contribution is -1.97. The van der Waals surface area contributed by atoms with Crippen molar-refractivity contribution in [2.75, 3.05) is 13.2 Å². The van der Waals surface area contributed by atoms with Crippen LogP contribution >= 0.6 is 23.8 Å². The van der Waals surface area contributed by atoms with Crippen LogP contribution in [-0.4, -0.2) is 34.3 Å². The van der Waals surface area contributed by atoms with Gasteiger partial charge in [-0.3, -0.25) is 5.10 Å². The Morgan fingerprint density at radius 2 is 2.25 bits per heavy atom. The van der Waals surface area contributed by atoms with Crippen LogP contribution in [0.4, 0.5) is 0 Å². The zero-order valence-electron chi connectivity index (χ0n) is 10.4. The van der Waals surface area contributed by atoms with Gasteiger partial charge >= 0.3 is 0 Å². The first-order valence-corrected chi connectivity index (χ1v) is 6.78. The molecule has 0 amide bonds. The van der Waals surface area contributed by atoms with E-state index in [2.05, 4.69) is 15.3 Å². The Balaban J connectivity index is 1.93. The maximum atomic E-state index is 6.20. The third-order valence-corrected chi connectivity index (χ3v) is 3.25. The van der Waals surface area contributed by atoms with Gasteiger partial charge in [0.1, 0.15) is 6.33 Å². The number of ether oxygens (including phenoxy) is 2. The van der Waals surface area contributed by atoms with Crippen LogP contribution in [0.1, 0.15) is 12.0 Å². The lowest BCUT2D eigenvalue weighted by molar-refractivity contribution is 0.297. The summed E-state index contributed by atoms with van der Waals surface area (Å²) in [6.07, 6.45) is 3.95. The zero-order valence-corrected chi connectivity index (χ0v) is 11.9. The lowest BCUT2D eigenvalue weighted by atomic mass is 10.2. The Labute approximate surface area is 125 Å². The molecule has 1 N–H and O–H groups in total. The van der Waals surface area contributed by atoms with Gasteiger partial charge in [-0.2, -0.15) is 14.9 Å². The van der Waals surface area contributed by atoms with E-state index in [0.29, 0.717) is 34.5 Å². The maximum absolute atomic E-state index is 6.20. The molecule has 0 aliphatic carbocycles. The Hall–Kier alpha value is -1.86. The first-order chi connectivity index (χ1) is 9.74. The van der Waals surface area contributed by atoms with Crippen LogP contribution in [0.3, 0.4) is 0 Å². The van der Waals surface area contributed by atoms with Gasteiger partial charge in [-0.25, -0.2) is 0 Å². The average Bonchev–Trinajstić information content (AvgIpc) is 2.70. The third-order valence-electron chi connectivity index (χ3n) is 2.69. The van der Waals surface area contributed by atoms with Gasteiger partial charge in [0.15, 0.2) is 11.5 Å². The van der Waals surface area contributed by atoms with Crippen LogP contribution in [0.25, 0.3) is 0 Å². The first-order valence-electron chi connectivity index (χ1n) is 5.99. The lowest BCUT2D eigenvalue weighted by Gasteiger charge is -2.09. The van der Waals surface area contributed by atoms with E-state index in [1.807, 2.05) is 6.07 Å². The second-order valence-corrected chi connectivity index (χ2v) is 4.93. The van der Waals surface area contributed by atoms with Crippen molar-refractivity contribution in [2.45, 2.75) is 6.42 Å². The maximum Gasteiger partial charge on any atom is 0.216 e. The zero-order chi connectivity index (χ0) is 13.9. The van der Waals surface area contributed by atoms with Gasteiger partial charge in [0.25, 0.3) is 0 Å². The number of H-pyrrole nitrogens is 1. The van der Waals surface area contributed by atoms with Gasteiger partial charge in [-0.15, -0.1) is 0 Å². The molecule has 0 radical (unpaired) electrons. The molecule has 8 heteroatoms. The van der Waals surface area contributed by atoms with Crippen LogP contribution in [0.2, 0.25) is 5.02 Å². The van der Waals surface area contributed by atoms with Crippen molar-refractivity contribution < 1.29 is 9.47 Å². The summed E-state index contributed by atoms with van der Waals surface area (Å²) in [5.41, 5.74) is 0.794. The van der Waals surface area contributed by atoms with E-state index in [9.17, 15) is 0 Å². The summed E-state index contributed by atoms with van der Waals surface area (Å²) in [4.78, 5) is 0. The largest absolute Gasteiger partial charge is 0.489 e. The van der Waals surface area contributed by atoms with Crippen LogP contribution in [0, 0.1) is 4.77 Å². The molecule has 20 heavy (non-hydrogen) atoms. The highest BCUT2D eigenvalue weighted by Crippen LogP contribution is 2.37. The molecular formula is C12H11ClN4O2S. The molecule has 2 aromatic rings. The Morgan fingerprint density at radius 1 is 1.40 bits per heavy atom. The molecule has 2 heterocycles. The smallest absolute Gasteiger partial charge is 0.216 e. The monoisotopic (exact) mass is 310 g/mol. The van der Waals surface area contributed by atoms with E-state index in [1.165, 1.54) is 11.0 Å². The molecule has 0 bridgehead atoms. The number of nitrogens with one attached hydrogen (secondary N) is 1. The van der Waals surface area contributed by atoms with Gasteiger partial charge < -0.3 is 9.47 Å². The highest BCUT2D eigenvalue weighted by molar-refractivity contribution is 7.71. The number of fused-ring (bicyclic) bond motifs is 1. The number of halogens is 1. The van der Waals surface area contributed by atoms with Gasteiger partial charge in [-0.05, 0) is 29.9 Å². The Kier molecular flexibility index (Phi) is 3.70. The first kappa shape index (κ1) is 13.1. The van der Waals surface area contributed by atoms with E-state index in [-0.39, 0.29) is 0 Å². The van der Waals surface area contributed by atoms with Crippen LogP contribution in [-0.2, 0) is 0 Å². The number of hydrogen-bond acceptors (Lipinski definition) is 5. The van der Waals surface area contributed by atoms with Crippen LogP contribution in [0.15, 0.2) is 23.6 Å². The van der Waals surface area contributed by atoms with Crippen molar-refractivity contribution in [2.24, 2.45) is 5.10 Å². The van der Waals surface area contributed by atoms with Crippen molar-refractivity contribution in [3.8, 4) is 11.5 Å². The van der Waals surface area contributed by atoms with Crippen molar-refractivity contribution in [3.63, 3.8) is 0 Å². The molecule has 1 aliphatic heterocycles. The minimum Gasteiger partial charge on any atom is -0.489 e. The SMILES string of the molecule is S=c1[nH]ncn1/N=C\c1cc(Cl)c2c(c1)OCCCO2. The van der Waals surface area contributed by atoms with Crippen molar-refractivity contribution >= 4 is 30.0 Å². The second kappa shape index (κ2) is 5.64. The summed E-state index contributed by atoms with van der Waals surface area (Å²) in [5.74, 6) is 1.22. The number of rotatable bonds is 2. The van der Waals surface area contributed by atoms with E-state index in [1.54, 1.807) is 12.3 Å². The highest BCUT2D eigenvalue weighted by Gasteiger charge is 2.14. The summed E-state index contributed by atoms with van der Waals surface area (Å²) in [5, 5.41) is 11.1. The number of nitrogens with zero attached hydrogens (tertiary/aromatic N) is 3.